The van der Waals surface area contributed by atoms with Crippen LogP contribution in [0.4, 0.5) is 0 Å². The minimum atomic E-state index is -0.731. The fraction of sp³-hybridized carbons (Fsp3) is 0.462. The van der Waals surface area contributed by atoms with Gasteiger partial charge in [0.15, 0.2) is 0 Å². The van der Waals surface area contributed by atoms with E-state index in [1.807, 2.05) is 25.1 Å². The zero-order chi connectivity index (χ0) is 12.1. The quantitative estimate of drug-likeness (QED) is 0.833. The van der Waals surface area contributed by atoms with Crippen LogP contribution in [0.25, 0.3) is 0 Å². The zero-order valence-electron chi connectivity index (χ0n) is 9.99. The van der Waals surface area contributed by atoms with Gasteiger partial charge in [-0.1, -0.05) is 19.1 Å². The molecule has 88 valence electrons. The normalized spacial score (nSPS) is 12.2. The van der Waals surface area contributed by atoms with Gasteiger partial charge in [-0.25, -0.2) is 0 Å². The van der Waals surface area contributed by atoms with Crippen LogP contribution in [-0.2, 0) is 11.2 Å². The summed E-state index contributed by atoms with van der Waals surface area (Å²) >= 11 is 0. The molecule has 1 aromatic rings. The molecule has 16 heavy (non-hydrogen) atoms. The van der Waals surface area contributed by atoms with E-state index in [1.54, 1.807) is 14.0 Å². The minimum Gasteiger partial charge on any atom is -0.496 e. The van der Waals surface area contributed by atoms with Gasteiger partial charge in [0.2, 0.25) is 0 Å². The molecule has 0 aromatic heterocycles. The number of carboxylic acid groups (broad SMARTS) is 1. The maximum Gasteiger partial charge on any atom is 0.306 e. The maximum atomic E-state index is 10.7. The number of carbonyl (C=O) groups is 1. The van der Waals surface area contributed by atoms with Crippen molar-refractivity contribution in [2.45, 2.75) is 26.7 Å². The van der Waals surface area contributed by atoms with Gasteiger partial charge in [0, 0.05) is 0 Å². The topological polar surface area (TPSA) is 46.5 Å². The lowest BCUT2D eigenvalue weighted by atomic mass is 10.00. The summed E-state index contributed by atoms with van der Waals surface area (Å²) in [5.74, 6) is -0.150. The molecule has 0 amide bonds. The molecule has 0 saturated carbocycles. The lowest BCUT2D eigenvalue weighted by Crippen LogP contribution is -2.10. The molecule has 1 aromatic carbocycles. The highest BCUT2D eigenvalue weighted by Crippen LogP contribution is 2.20. The Balaban J connectivity index is 2.62. The van der Waals surface area contributed by atoms with Crippen molar-refractivity contribution in [3.63, 3.8) is 0 Å². The predicted octanol–water partition coefficient (Wildman–Crippen LogP) is 2.66. The number of carboxylic acids is 1. The molecule has 3 heteroatoms. The Labute approximate surface area is 96.1 Å². The van der Waals surface area contributed by atoms with Crippen molar-refractivity contribution >= 4 is 5.97 Å². The fourth-order valence-corrected chi connectivity index (χ4v) is 1.60. The van der Waals surface area contributed by atoms with Crippen LogP contribution < -0.4 is 4.74 Å². The third kappa shape index (κ3) is 3.26. The third-order valence-electron chi connectivity index (χ3n) is 2.75. The largest absolute Gasteiger partial charge is 0.496 e. The summed E-state index contributed by atoms with van der Waals surface area (Å²) in [7, 11) is 1.65. The first-order chi connectivity index (χ1) is 7.54. The summed E-state index contributed by atoms with van der Waals surface area (Å²) in [5.41, 5.74) is 2.24. The van der Waals surface area contributed by atoms with E-state index in [-0.39, 0.29) is 5.92 Å². The number of hydrogen-bond acceptors (Lipinski definition) is 2. The lowest BCUT2D eigenvalue weighted by molar-refractivity contribution is -0.141. The summed E-state index contributed by atoms with van der Waals surface area (Å²) < 4.78 is 5.17. The molecule has 0 aliphatic rings. The molecule has 0 fully saturated rings. The number of aliphatic carboxylic acids is 1. The molecule has 1 rings (SSSR count). The second kappa shape index (κ2) is 5.54. The number of rotatable bonds is 5. The maximum absolute atomic E-state index is 10.7. The summed E-state index contributed by atoms with van der Waals surface area (Å²) in [5, 5.41) is 8.78. The Bertz CT molecular complexity index is 371. The monoisotopic (exact) mass is 222 g/mol. The average molecular weight is 222 g/mol. The number of aryl methyl sites for hydroxylation is 2. The Hall–Kier alpha value is -1.51. The molecule has 1 N–H and O–H groups in total. The van der Waals surface area contributed by atoms with Gasteiger partial charge in [-0.3, -0.25) is 4.79 Å². The van der Waals surface area contributed by atoms with Crippen LogP contribution in [0.3, 0.4) is 0 Å². The Kier molecular flexibility index (Phi) is 4.35. The van der Waals surface area contributed by atoms with Gasteiger partial charge < -0.3 is 9.84 Å². The molecule has 0 radical (unpaired) electrons. The first kappa shape index (κ1) is 12.6. The van der Waals surface area contributed by atoms with Gasteiger partial charge in [0.05, 0.1) is 13.0 Å². The lowest BCUT2D eigenvalue weighted by Gasteiger charge is -2.09. The Morgan fingerprint density at radius 3 is 2.69 bits per heavy atom. The van der Waals surface area contributed by atoms with Gasteiger partial charge in [0.1, 0.15) is 5.75 Å². The number of hydrogen-bond donors (Lipinski definition) is 1. The standard InChI is InChI=1S/C13H18O3/c1-9(13(14)15)4-5-11-6-7-12(16-3)10(2)8-11/h6-9H,4-5H2,1-3H3,(H,14,15). The van der Waals surface area contributed by atoms with Crippen molar-refractivity contribution in [3.05, 3.63) is 29.3 Å². The molecular weight excluding hydrogens is 204 g/mol. The first-order valence-electron chi connectivity index (χ1n) is 5.41. The summed E-state index contributed by atoms with van der Waals surface area (Å²) in [6.45, 7) is 3.72. The smallest absolute Gasteiger partial charge is 0.306 e. The van der Waals surface area contributed by atoms with Crippen molar-refractivity contribution in [2.24, 2.45) is 5.92 Å². The van der Waals surface area contributed by atoms with Crippen molar-refractivity contribution in [2.75, 3.05) is 7.11 Å². The van der Waals surface area contributed by atoms with E-state index in [9.17, 15) is 4.79 Å². The molecule has 0 aliphatic heterocycles. The van der Waals surface area contributed by atoms with Crippen molar-refractivity contribution in [1.82, 2.24) is 0 Å². The van der Waals surface area contributed by atoms with Crippen LogP contribution in [0.5, 0.6) is 5.75 Å². The highest BCUT2D eigenvalue weighted by atomic mass is 16.5. The molecule has 3 nitrogen and oxygen atoms in total. The van der Waals surface area contributed by atoms with E-state index >= 15 is 0 Å². The Morgan fingerprint density at radius 2 is 2.19 bits per heavy atom. The molecular formula is C13H18O3. The van der Waals surface area contributed by atoms with Gasteiger partial charge in [-0.2, -0.15) is 0 Å². The number of benzene rings is 1. The van der Waals surface area contributed by atoms with Crippen LogP contribution in [0.1, 0.15) is 24.5 Å². The average Bonchev–Trinajstić information content (AvgIpc) is 2.25. The van der Waals surface area contributed by atoms with E-state index in [1.165, 1.54) is 0 Å². The number of methoxy groups -OCH3 is 1. The molecule has 0 spiro atoms. The second-order valence-electron chi connectivity index (χ2n) is 4.08. The highest BCUT2D eigenvalue weighted by Gasteiger charge is 2.10. The minimum absolute atomic E-state index is 0.289. The molecule has 0 bridgehead atoms. The van der Waals surface area contributed by atoms with Gasteiger partial charge >= 0.3 is 5.97 Å². The van der Waals surface area contributed by atoms with E-state index in [0.29, 0.717) is 6.42 Å². The molecule has 0 aliphatic carbocycles. The van der Waals surface area contributed by atoms with E-state index in [4.69, 9.17) is 9.84 Å². The summed E-state index contributed by atoms with van der Waals surface area (Å²) in [6, 6.07) is 5.96. The van der Waals surface area contributed by atoms with E-state index in [2.05, 4.69) is 0 Å². The SMILES string of the molecule is COc1ccc(CCC(C)C(=O)O)cc1C. The highest BCUT2D eigenvalue weighted by molar-refractivity contribution is 5.69. The van der Waals surface area contributed by atoms with Gasteiger partial charge in [-0.15, -0.1) is 0 Å². The predicted molar refractivity (Wildman–Crippen MR) is 62.9 cm³/mol. The second-order valence-corrected chi connectivity index (χ2v) is 4.08. The van der Waals surface area contributed by atoms with Crippen LogP contribution in [0.15, 0.2) is 18.2 Å². The van der Waals surface area contributed by atoms with Gasteiger partial charge in [-0.05, 0) is 37.0 Å². The van der Waals surface area contributed by atoms with Crippen LogP contribution >= 0.6 is 0 Å². The first-order valence-corrected chi connectivity index (χ1v) is 5.41. The third-order valence-corrected chi connectivity index (χ3v) is 2.75. The molecule has 1 unspecified atom stereocenters. The fourth-order valence-electron chi connectivity index (χ4n) is 1.60. The van der Waals surface area contributed by atoms with Crippen LogP contribution in [0, 0.1) is 12.8 Å². The van der Waals surface area contributed by atoms with Crippen LogP contribution in [0.2, 0.25) is 0 Å². The van der Waals surface area contributed by atoms with Crippen molar-refractivity contribution in [1.29, 1.82) is 0 Å². The number of ether oxygens (including phenoxy) is 1. The molecule has 0 saturated heterocycles. The Morgan fingerprint density at radius 1 is 1.50 bits per heavy atom. The van der Waals surface area contributed by atoms with Crippen molar-refractivity contribution in [3.8, 4) is 5.75 Å². The van der Waals surface area contributed by atoms with Crippen LogP contribution in [-0.4, -0.2) is 18.2 Å². The molecule has 0 heterocycles. The molecule has 1 atom stereocenters. The summed E-state index contributed by atoms with van der Waals surface area (Å²) in [6.07, 6.45) is 1.46. The zero-order valence-corrected chi connectivity index (χ0v) is 9.99. The van der Waals surface area contributed by atoms with E-state index in [0.717, 1.165) is 23.3 Å². The van der Waals surface area contributed by atoms with Gasteiger partial charge in [0.25, 0.3) is 0 Å². The summed E-state index contributed by atoms with van der Waals surface area (Å²) in [4.78, 5) is 10.7. The van der Waals surface area contributed by atoms with E-state index < -0.39 is 5.97 Å². The van der Waals surface area contributed by atoms with Crippen molar-refractivity contribution < 1.29 is 14.6 Å².